The van der Waals surface area contributed by atoms with Crippen LogP contribution in [0.5, 0.6) is 5.75 Å². The maximum Gasteiger partial charge on any atom is 0.339 e. The average molecular weight is 292 g/mol. The van der Waals surface area contributed by atoms with Crippen LogP contribution in [0.2, 0.25) is 0 Å². The van der Waals surface area contributed by atoms with E-state index in [0.29, 0.717) is 12.4 Å². The van der Waals surface area contributed by atoms with Crippen molar-refractivity contribution < 1.29 is 19.4 Å². The van der Waals surface area contributed by atoms with Crippen molar-refractivity contribution in [1.29, 1.82) is 0 Å². The van der Waals surface area contributed by atoms with Crippen LogP contribution in [-0.2, 0) is 4.74 Å². The van der Waals surface area contributed by atoms with Gasteiger partial charge in [0.05, 0.1) is 24.9 Å². The second kappa shape index (κ2) is 5.91. The molecule has 2 aliphatic heterocycles. The molecule has 1 fully saturated rings. The van der Waals surface area contributed by atoms with Crippen molar-refractivity contribution in [3.05, 3.63) is 23.8 Å². The highest BCUT2D eigenvalue weighted by Crippen LogP contribution is 2.35. The van der Waals surface area contributed by atoms with Gasteiger partial charge in [0.1, 0.15) is 12.2 Å². The Hall–Kier alpha value is -1.79. The van der Waals surface area contributed by atoms with Gasteiger partial charge in [0, 0.05) is 19.6 Å². The predicted molar refractivity (Wildman–Crippen MR) is 78.3 cm³/mol. The third-order valence-electron chi connectivity index (χ3n) is 3.94. The highest BCUT2D eigenvalue weighted by molar-refractivity contribution is 5.93. The summed E-state index contributed by atoms with van der Waals surface area (Å²) in [5, 5.41) is 9.25. The fraction of sp³-hybridized carbons (Fsp3) is 0.533. The first kappa shape index (κ1) is 14.2. The maximum absolute atomic E-state index is 11.3. The number of hydrogen-bond acceptors (Lipinski definition) is 5. The Morgan fingerprint density at radius 2 is 2.24 bits per heavy atom. The molecule has 114 valence electrons. The lowest BCUT2D eigenvalue weighted by atomic mass is 10.1. The number of carboxylic acid groups (broad SMARTS) is 1. The molecule has 0 aliphatic carbocycles. The number of morpholine rings is 1. The van der Waals surface area contributed by atoms with Crippen LogP contribution in [0.15, 0.2) is 18.2 Å². The summed E-state index contributed by atoms with van der Waals surface area (Å²) in [6.45, 7) is 4.60. The monoisotopic (exact) mass is 292 g/mol. The molecule has 0 bridgehead atoms. The molecule has 1 N–H and O–H groups in total. The first-order chi connectivity index (χ1) is 10.1. The van der Waals surface area contributed by atoms with Gasteiger partial charge in [-0.15, -0.1) is 0 Å². The zero-order valence-corrected chi connectivity index (χ0v) is 12.1. The number of aromatic carboxylic acids is 1. The number of fused-ring (bicyclic) bond motifs is 1. The van der Waals surface area contributed by atoms with Crippen LogP contribution in [-0.4, -0.2) is 68.5 Å². The zero-order valence-electron chi connectivity index (χ0n) is 12.1. The average Bonchev–Trinajstić information content (AvgIpc) is 2.47. The minimum absolute atomic E-state index is 0.142. The molecular weight excluding hydrogens is 272 g/mol. The molecule has 0 saturated carbocycles. The van der Waals surface area contributed by atoms with Crippen LogP contribution in [0.4, 0.5) is 5.69 Å². The van der Waals surface area contributed by atoms with Gasteiger partial charge in [-0.1, -0.05) is 6.07 Å². The Kier molecular flexibility index (Phi) is 3.98. The van der Waals surface area contributed by atoms with E-state index in [0.717, 1.165) is 38.5 Å². The number of hydrogen-bond donors (Lipinski definition) is 1. The van der Waals surface area contributed by atoms with Gasteiger partial charge in [-0.3, -0.25) is 0 Å². The third-order valence-corrected chi connectivity index (χ3v) is 3.94. The Morgan fingerprint density at radius 1 is 1.38 bits per heavy atom. The molecule has 0 radical (unpaired) electrons. The summed E-state index contributed by atoms with van der Waals surface area (Å²) in [7, 11) is 2.09. The van der Waals surface area contributed by atoms with Gasteiger partial charge in [-0.25, -0.2) is 4.79 Å². The molecule has 1 saturated heterocycles. The lowest BCUT2D eigenvalue weighted by Gasteiger charge is -2.37. The van der Waals surface area contributed by atoms with E-state index >= 15 is 0 Å². The maximum atomic E-state index is 11.3. The largest absolute Gasteiger partial charge is 0.489 e. The van der Waals surface area contributed by atoms with Gasteiger partial charge in [0.2, 0.25) is 0 Å². The number of ether oxygens (including phenoxy) is 2. The molecule has 1 aromatic rings. The summed E-state index contributed by atoms with van der Waals surface area (Å²) in [6, 6.07) is 5.25. The van der Waals surface area contributed by atoms with E-state index in [4.69, 9.17) is 9.47 Å². The van der Waals surface area contributed by atoms with Crippen LogP contribution < -0.4 is 9.64 Å². The number of para-hydroxylation sites is 1. The van der Waals surface area contributed by atoms with E-state index in [9.17, 15) is 9.90 Å². The van der Waals surface area contributed by atoms with Crippen molar-refractivity contribution >= 4 is 11.7 Å². The van der Waals surface area contributed by atoms with Gasteiger partial charge in [-0.2, -0.15) is 0 Å². The third kappa shape index (κ3) is 2.96. The van der Waals surface area contributed by atoms with Crippen LogP contribution in [0.3, 0.4) is 0 Å². The van der Waals surface area contributed by atoms with Crippen LogP contribution in [0, 0.1) is 0 Å². The smallest absolute Gasteiger partial charge is 0.339 e. The highest BCUT2D eigenvalue weighted by atomic mass is 16.5. The second-order valence-electron chi connectivity index (χ2n) is 5.51. The van der Waals surface area contributed by atoms with Gasteiger partial charge in [0.15, 0.2) is 5.75 Å². The predicted octanol–water partition coefficient (Wildman–Crippen LogP) is 0.914. The molecule has 21 heavy (non-hydrogen) atoms. The van der Waals surface area contributed by atoms with Crippen molar-refractivity contribution in [1.82, 2.24) is 4.90 Å². The second-order valence-corrected chi connectivity index (χ2v) is 5.51. The minimum atomic E-state index is -0.956. The quantitative estimate of drug-likeness (QED) is 0.893. The summed E-state index contributed by atoms with van der Waals surface area (Å²) in [6.07, 6.45) is 0.142. The van der Waals surface area contributed by atoms with Crippen molar-refractivity contribution in [3.8, 4) is 5.75 Å². The standard InChI is InChI=1S/C15H20N2O4/c1-16-5-7-20-11(9-16)10-17-6-8-21-14-12(15(18)19)3-2-4-13(14)17/h2-4,11H,5-10H2,1H3,(H,18,19). The van der Waals surface area contributed by atoms with Gasteiger partial charge in [-0.05, 0) is 19.2 Å². The number of benzene rings is 1. The molecule has 2 heterocycles. The Labute approximate surface area is 123 Å². The van der Waals surface area contributed by atoms with Crippen LogP contribution >= 0.6 is 0 Å². The van der Waals surface area contributed by atoms with Crippen molar-refractivity contribution in [2.45, 2.75) is 6.10 Å². The van der Waals surface area contributed by atoms with Crippen LogP contribution in [0.25, 0.3) is 0 Å². The normalized spacial score (nSPS) is 22.5. The number of nitrogens with zero attached hydrogens (tertiary/aromatic N) is 2. The number of carboxylic acids is 1. The summed E-state index contributed by atoms with van der Waals surface area (Å²) in [5.74, 6) is -0.484. The molecule has 1 aromatic carbocycles. The molecule has 6 heteroatoms. The van der Waals surface area contributed by atoms with Gasteiger partial charge >= 0.3 is 5.97 Å². The summed E-state index contributed by atoms with van der Waals surface area (Å²) in [5.41, 5.74) is 1.07. The summed E-state index contributed by atoms with van der Waals surface area (Å²) < 4.78 is 11.4. The molecule has 1 atom stereocenters. The van der Waals surface area contributed by atoms with E-state index in [1.54, 1.807) is 12.1 Å². The summed E-state index contributed by atoms with van der Waals surface area (Å²) in [4.78, 5) is 15.7. The van der Waals surface area contributed by atoms with Crippen molar-refractivity contribution in [2.24, 2.45) is 0 Å². The van der Waals surface area contributed by atoms with E-state index < -0.39 is 5.97 Å². The lowest BCUT2D eigenvalue weighted by molar-refractivity contribution is -0.0152. The highest BCUT2D eigenvalue weighted by Gasteiger charge is 2.27. The van der Waals surface area contributed by atoms with Gasteiger partial charge < -0.3 is 24.4 Å². The van der Waals surface area contributed by atoms with E-state index in [-0.39, 0.29) is 11.7 Å². The fourth-order valence-electron chi connectivity index (χ4n) is 2.89. The Bertz CT molecular complexity index is 534. The number of rotatable bonds is 3. The molecule has 3 rings (SSSR count). The number of carbonyl (C=O) groups is 1. The number of anilines is 1. The van der Waals surface area contributed by atoms with E-state index in [1.807, 2.05) is 6.07 Å². The van der Waals surface area contributed by atoms with Crippen molar-refractivity contribution in [2.75, 3.05) is 51.3 Å². The van der Waals surface area contributed by atoms with E-state index in [1.165, 1.54) is 0 Å². The molecule has 1 unspecified atom stereocenters. The SMILES string of the molecule is CN1CCOC(CN2CCOc3c(C(=O)O)cccc32)C1. The Balaban J connectivity index is 1.80. The number of likely N-dealkylation sites (N-methyl/N-ethyl adjacent to an activating group) is 1. The van der Waals surface area contributed by atoms with Gasteiger partial charge in [0.25, 0.3) is 0 Å². The fourth-order valence-corrected chi connectivity index (χ4v) is 2.89. The zero-order chi connectivity index (χ0) is 14.8. The molecule has 0 aromatic heterocycles. The topological polar surface area (TPSA) is 62.2 Å². The van der Waals surface area contributed by atoms with E-state index in [2.05, 4.69) is 16.8 Å². The molecule has 6 nitrogen and oxygen atoms in total. The minimum Gasteiger partial charge on any atom is -0.489 e. The molecule has 0 amide bonds. The molecular formula is C15H20N2O4. The Morgan fingerprint density at radius 3 is 3.00 bits per heavy atom. The first-order valence-corrected chi connectivity index (χ1v) is 7.19. The molecule has 2 aliphatic rings. The van der Waals surface area contributed by atoms with Crippen molar-refractivity contribution in [3.63, 3.8) is 0 Å². The summed E-state index contributed by atoms with van der Waals surface area (Å²) >= 11 is 0. The first-order valence-electron chi connectivity index (χ1n) is 7.19. The molecule has 0 spiro atoms. The lowest BCUT2D eigenvalue weighted by Crippen LogP contribution is -2.47. The van der Waals surface area contributed by atoms with Crippen LogP contribution in [0.1, 0.15) is 10.4 Å².